The molecule has 0 saturated heterocycles. The van der Waals surface area contributed by atoms with E-state index in [0.29, 0.717) is 5.82 Å². The van der Waals surface area contributed by atoms with Crippen LogP contribution in [0.15, 0.2) is 206 Å². The molecule has 0 amide bonds. The molecule has 0 saturated carbocycles. The second-order valence-electron chi connectivity index (χ2n) is 16.2. The predicted molar refractivity (Wildman–Crippen MR) is 247 cm³/mol. The third-order valence-electron chi connectivity index (χ3n) is 12.3. The molecule has 1 heterocycles. The van der Waals surface area contributed by atoms with Crippen molar-refractivity contribution < 1.29 is 0 Å². The number of fused-ring (bicyclic) bond motifs is 5. The molecule has 1 aliphatic carbocycles. The van der Waals surface area contributed by atoms with E-state index in [2.05, 4.69) is 214 Å². The highest BCUT2D eigenvalue weighted by Gasteiger charge is 2.36. The number of hydrogen-bond acceptors (Lipinski definition) is 2. The number of nitrogens with zero attached hydrogens (tertiary/aromatic N) is 2. The van der Waals surface area contributed by atoms with Crippen LogP contribution in [0.4, 0.5) is 0 Å². The van der Waals surface area contributed by atoms with Crippen molar-refractivity contribution in [1.29, 1.82) is 0 Å². The molecule has 0 bridgehead atoms. The van der Waals surface area contributed by atoms with Crippen molar-refractivity contribution >= 4 is 21.5 Å². The average Bonchev–Trinajstić information content (AvgIpc) is 3.52. The van der Waals surface area contributed by atoms with Gasteiger partial charge in [0.25, 0.3) is 0 Å². The monoisotopic (exact) mass is 752 g/mol. The van der Waals surface area contributed by atoms with Crippen LogP contribution in [0.25, 0.3) is 100.0 Å². The molecule has 0 radical (unpaired) electrons. The number of aromatic nitrogens is 2. The van der Waals surface area contributed by atoms with Crippen LogP contribution in [-0.4, -0.2) is 9.97 Å². The second-order valence-corrected chi connectivity index (χ2v) is 16.2. The van der Waals surface area contributed by atoms with Gasteiger partial charge in [-0.15, -0.1) is 0 Å². The normalized spacial score (nSPS) is 12.7. The van der Waals surface area contributed by atoms with Gasteiger partial charge in [0, 0.05) is 22.1 Å². The first-order valence-corrected chi connectivity index (χ1v) is 20.4. The van der Waals surface area contributed by atoms with Crippen LogP contribution in [0.3, 0.4) is 0 Å². The smallest absolute Gasteiger partial charge is 0.161 e. The number of benzene rings is 9. The molecule has 9 aromatic carbocycles. The summed E-state index contributed by atoms with van der Waals surface area (Å²) in [7, 11) is 0. The van der Waals surface area contributed by atoms with Crippen LogP contribution < -0.4 is 0 Å². The highest BCUT2D eigenvalue weighted by atomic mass is 14.9. The zero-order chi connectivity index (χ0) is 39.5. The fraction of sp³-hybridized carbons (Fsp3) is 0.0526. The molecule has 11 rings (SSSR count). The summed E-state index contributed by atoms with van der Waals surface area (Å²) in [5.41, 5.74) is 17.4. The second kappa shape index (κ2) is 13.9. The van der Waals surface area contributed by atoms with E-state index in [1.165, 1.54) is 71.8 Å². The molecule has 2 heteroatoms. The van der Waals surface area contributed by atoms with Crippen LogP contribution in [0.5, 0.6) is 0 Å². The predicted octanol–water partition coefficient (Wildman–Crippen LogP) is 15.1. The lowest BCUT2D eigenvalue weighted by Gasteiger charge is -2.22. The van der Waals surface area contributed by atoms with Crippen molar-refractivity contribution in [2.45, 2.75) is 19.3 Å². The Morgan fingerprint density at radius 1 is 0.305 bits per heavy atom. The highest BCUT2D eigenvalue weighted by molar-refractivity contribution is 6.05. The molecule has 0 atom stereocenters. The van der Waals surface area contributed by atoms with Crippen LogP contribution in [-0.2, 0) is 5.41 Å². The summed E-state index contributed by atoms with van der Waals surface area (Å²) in [5, 5.41) is 4.87. The van der Waals surface area contributed by atoms with Crippen molar-refractivity contribution in [2.24, 2.45) is 0 Å². The van der Waals surface area contributed by atoms with Gasteiger partial charge in [-0.25, -0.2) is 9.97 Å². The van der Waals surface area contributed by atoms with Gasteiger partial charge >= 0.3 is 0 Å². The Morgan fingerprint density at radius 2 is 0.746 bits per heavy atom. The summed E-state index contributed by atoms with van der Waals surface area (Å²) in [6.45, 7) is 4.71. The molecule has 0 aliphatic heterocycles. The minimum atomic E-state index is -0.0770. The van der Waals surface area contributed by atoms with Gasteiger partial charge in [-0.1, -0.05) is 190 Å². The lowest BCUT2D eigenvalue weighted by molar-refractivity contribution is 0.661. The molecular formula is C57H40N2. The number of hydrogen-bond donors (Lipinski definition) is 0. The summed E-state index contributed by atoms with van der Waals surface area (Å²) in [5.74, 6) is 0.709. The van der Waals surface area contributed by atoms with E-state index >= 15 is 0 Å². The van der Waals surface area contributed by atoms with E-state index in [0.717, 1.165) is 33.5 Å². The first-order valence-electron chi connectivity index (χ1n) is 20.4. The van der Waals surface area contributed by atoms with Crippen molar-refractivity contribution in [3.05, 3.63) is 217 Å². The highest BCUT2D eigenvalue weighted by Crippen LogP contribution is 2.51. The Kier molecular flexibility index (Phi) is 8.20. The lowest BCUT2D eigenvalue weighted by Crippen LogP contribution is -2.14. The average molecular weight is 753 g/mol. The van der Waals surface area contributed by atoms with E-state index in [9.17, 15) is 0 Å². The minimum absolute atomic E-state index is 0.0770. The van der Waals surface area contributed by atoms with E-state index in [1.807, 2.05) is 6.07 Å². The molecule has 1 aliphatic rings. The molecule has 0 N–H and O–H groups in total. The Bertz CT molecular complexity index is 3200. The maximum atomic E-state index is 5.30. The minimum Gasteiger partial charge on any atom is -0.228 e. The molecule has 0 unspecified atom stereocenters. The van der Waals surface area contributed by atoms with E-state index < -0.39 is 0 Å². The number of rotatable bonds is 6. The van der Waals surface area contributed by atoms with Crippen molar-refractivity contribution in [3.63, 3.8) is 0 Å². The summed E-state index contributed by atoms with van der Waals surface area (Å²) >= 11 is 0. The van der Waals surface area contributed by atoms with Gasteiger partial charge in [0.1, 0.15) is 0 Å². The fourth-order valence-corrected chi connectivity index (χ4v) is 9.14. The SMILES string of the molecule is CC1(C)c2ccc(-c3ccc(-c4nc(-c5ccccc5)cc(-c5ccc(-c6ccc(-c7ccccc7)cc6)cc5)n4)c4ccccc34)cc2-c2cc3ccccc3cc21. The molecule has 0 spiro atoms. The maximum Gasteiger partial charge on any atom is 0.161 e. The molecule has 59 heavy (non-hydrogen) atoms. The summed E-state index contributed by atoms with van der Waals surface area (Å²) in [6.07, 6.45) is 0. The quantitative estimate of drug-likeness (QED) is 0.169. The maximum absolute atomic E-state index is 5.30. The van der Waals surface area contributed by atoms with Gasteiger partial charge in [0.05, 0.1) is 11.4 Å². The third kappa shape index (κ3) is 6.04. The molecule has 10 aromatic rings. The van der Waals surface area contributed by atoms with Gasteiger partial charge in [-0.05, 0) is 108 Å². The van der Waals surface area contributed by atoms with Crippen LogP contribution >= 0.6 is 0 Å². The topological polar surface area (TPSA) is 25.8 Å². The first kappa shape index (κ1) is 34.8. The lowest BCUT2D eigenvalue weighted by atomic mass is 9.81. The van der Waals surface area contributed by atoms with Crippen LogP contribution in [0.2, 0.25) is 0 Å². The molecular weight excluding hydrogens is 713 g/mol. The molecule has 1 aromatic heterocycles. The molecule has 2 nitrogen and oxygen atoms in total. The Morgan fingerprint density at radius 3 is 1.37 bits per heavy atom. The largest absolute Gasteiger partial charge is 0.228 e. The van der Waals surface area contributed by atoms with E-state index in [4.69, 9.17) is 9.97 Å². The first-order chi connectivity index (χ1) is 29.0. The van der Waals surface area contributed by atoms with Crippen LogP contribution in [0.1, 0.15) is 25.0 Å². The zero-order valence-corrected chi connectivity index (χ0v) is 33.0. The van der Waals surface area contributed by atoms with Gasteiger partial charge in [0.15, 0.2) is 5.82 Å². The zero-order valence-electron chi connectivity index (χ0n) is 33.0. The van der Waals surface area contributed by atoms with Crippen molar-refractivity contribution in [3.8, 4) is 78.4 Å². The summed E-state index contributed by atoms with van der Waals surface area (Å²) < 4.78 is 0. The van der Waals surface area contributed by atoms with Gasteiger partial charge < -0.3 is 0 Å². The summed E-state index contributed by atoms with van der Waals surface area (Å²) in [4.78, 5) is 10.6. The van der Waals surface area contributed by atoms with Gasteiger partial charge in [-0.3, -0.25) is 0 Å². The van der Waals surface area contributed by atoms with E-state index in [-0.39, 0.29) is 5.41 Å². The third-order valence-corrected chi connectivity index (χ3v) is 12.3. The van der Waals surface area contributed by atoms with Crippen molar-refractivity contribution in [2.75, 3.05) is 0 Å². The Hall–Kier alpha value is -7.42. The Labute approximate surface area is 345 Å². The molecule has 278 valence electrons. The van der Waals surface area contributed by atoms with Crippen molar-refractivity contribution in [1.82, 2.24) is 9.97 Å². The van der Waals surface area contributed by atoms with E-state index in [1.54, 1.807) is 0 Å². The molecule has 0 fully saturated rings. The van der Waals surface area contributed by atoms with Gasteiger partial charge in [0.2, 0.25) is 0 Å². The standard InChI is InChI=1S/C57H40N2/c1-57(2)52-32-29-45(34-50(52)51-33-43-17-9-10-18-44(43)35-53(51)57)46-30-31-49(48-20-12-11-19-47(46)48)56-58-54(41-15-7-4-8-16-41)36-55(59-56)42-27-25-40(26-28-42)39-23-21-38(22-24-39)37-13-5-3-6-14-37/h3-36H,1-2H3. The van der Waals surface area contributed by atoms with Gasteiger partial charge in [-0.2, -0.15) is 0 Å². The van der Waals surface area contributed by atoms with Crippen LogP contribution in [0, 0.1) is 0 Å². The summed E-state index contributed by atoms with van der Waals surface area (Å²) in [6, 6.07) is 74.3. The fourth-order valence-electron chi connectivity index (χ4n) is 9.14. The Balaban J connectivity index is 0.994.